The number of benzene rings is 1. The average Bonchev–Trinajstić information content (AvgIpc) is 2.78. The molecule has 0 amide bonds. The third-order valence-corrected chi connectivity index (χ3v) is 5.04. The van der Waals surface area contributed by atoms with Crippen molar-refractivity contribution in [3.63, 3.8) is 0 Å². The second kappa shape index (κ2) is 5.10. The topological polar surface area (TPSA) is 84.3 Å². The minimum absolute atomic E-state index is 0.102. The molecule has 5 nitrogen and oxygen atoms in total. The van der Waals surface area contributed by atoms with Crippen molar-refractivity contribution in [1.82, 2.24) is 4.98 Å². The first-order valence-corrected chi connectivity index (χ1v) is 8.10. The van der Waals surface area contributed by atoms with Crippen molar-refractivity contribution in [2.75, 3.05) is 6.26 Å². The molecule has 0 unspecified atom stereocenters. The number of sulfone groups is 1. The summed E-state index contributed by atoms with van der Waals surface area (Å²) in [4.78, 5) is 14.8. The summed E-state index contributed by atoms with van der Waals surface area (Å²) in [6.07, 6.45) is 1.60. The first kappa shape index (κ1) is 13.7. The number of rotatable bonds is 4. The van der Waals surface area contributed by atoms with Gasteiger partial charge in [-0.1, -0.05) is 12.1 Å². The van der Waals surface area contributed by atoms with Crippen molar-refractivity contribution in [3.8, 4) is 0 Å². The van der Waals surface area contributed by atoms with Crippen LogP contribution in [-0.2, 0) is 16.3 Å². The van der Waals surface area contributed by atoms with Crippen LogP contribution in [0.3, 0.4) is 0 Å². The van der Waals surface area contributed by atoms with E-state index in [2.05, 4.69) is 4.98 Å². The quantitative estimate of drug-likeness (QED) is 0.930. The van der Waals surface area contributed by atoms with E-state index in [4.69, 9.17) is 5.11 Å². The van der Waals surface area contributed by atoms with Crippen LogP contribution in [0, 0.1) is 0 Å². The second-order valence-corrected chi connectivity index (χ2v) is 7.10. The molecule has 1 aromatic carbocycles. The van der Waals surface area contributed by atoms with Crippen LogP contribution < -0.4 is 0 Å². The molecule has 2 aromatic rings. The largest absolute Gasteiger partial charge is 0.478 e. The van der Waals surface area contributed by atoms with Gasteiger partial charge >= 0.3 is 5.97 Å². The van der Waals surface area contributed by atoms with Gasteiger partial charge in [-0.05, 0) is 17.7 Å². The van der Waals surface area contributed by atoms with Crippen molar-refractivity contribution in [2.24, 2.45) is 0 Å². The molecule has 1 aromatic heterocycles. The molecule has 0 fully saturated rings. The SMILES string of the molecule is CS(=O)(=O)c1nc(Cc2ccc(C(=O)O)cc2)cs1. The van der Waals surface area contributed by atoms with Gasteiger partial charge in [-0.15, -0.1) is 11.3 Å². The van der Waals surface area contributed by atoms with Gasteiger partial charge in [-0.3, -0.25) is 0 Å². The molecule has 19 heavy (non-hydrogen) atoms. The van der Waals surface area contributed by atoms with Crippen LogP contribution in [0.5, 0.6) is 0 Å². The first-order chi connectivity index (χ1) is 8.86. The van der Waals surface area contributed by atoms with Crippen LogP contribution in [-0.4, -0.2) is 30.7 Å². The predicted molar refractivity (Wildman–Crippen MR) is 71.4 cm³/mol. The van der Waals surface area contributed by atoms with Crippen LogP contribution in [0.15, 0.2) is 34.0 Å². The van der Waals surface area contributed by atoms with Gasteiger partial charge in [0.05, 0.1) is 11.3 Å². The summed E-state index contributed by atoms with van der Waals surface area (Å²) in [7, 11) is -3.26. The highest BCUT2D eigenvalue weighted by molar-refractivity contribution is 7.92. The summed E-state index contributed by atoms with van der Waals surface area (Å²) in [6, 6.07) is 6.43. The Morgan fingerprint density at radius 2 is 1.95 bits per heavy atom. The molecule has 2 rings (SSSR count). The van der Waals surface area contributed by atoms with E-state index in [0.717, 1.165) is 23.2 Å². The number of hydrogen-bond donors (Lipinski definition) is 1. The molecule has 0 aliphatic carbocycles. The third kappa shape index (κ3) is 3.39. The highest BCUT2D eigenvalue weighted by Gasteiger charge is 2.12. The molecule has 0 aliphatic heterocycles. The number of carboxylic acids is 1. The van der Waals surface area contributed by atoms with Crippen LogP contribution in [0.2, 0.25) is 0 Å². The molecule has 1 heterocycles. The van der Waals surface area contributed by atoms with Gasteiger partial charge in [0.1, 0.15) is 0 Å². The summed E-state index contributed by atoms with van der Waals surface area (Å²) >= 11 is 1.09. The summed E-state index contributed by atoms with van der Waals surface area (Å²) in [5.41, 5.74) is 1.77. The fraction of sp³-hybridized carbons (Fsp3) is 0.167. The molecule has 0 radical (unpaired) electrons. The minimum Gasteiger partial charge on any atom is -0.478 e. The van der Waals surface area contributed by atoms with Gasteiger partial charge < -0.3 is 5.11 Å². The summed E-state index contributed by atoms with van der Waals surface area (Å²) in [5.74, 6) is -0.973. The summed E-state index contributed by atoms with van der Waals surface area (Å²) in [5, 5.41) is 10.5. The van der Waals surface area contributed by atoms with E-state index in [1.165, 1.54) is 12.1 Å². The van der Waals surface area contributed by atoms with E-state index in [0.29, 0.717) is 12.1 Å². The molecule has 0 bridgehead atoms. The Morgan fingerprint density at radius 3 is 2.42 bits per heavy atom. The number of carboxylic acid groups (broad SMARTS) is 1. The molecule has 0 aliphatic rings. The molecule has 7 heteroatoms. The minimum atomic E-state index is -3.26. The monoisotopic (exact) mass is 297 g/mol. The van der Waals surface area contributed by atoms with Gasteiger partial charge in [0, 0.05) is 18.1 Å². The van der Waals surface area contributed by atoms with Gasteiger partial charge in [-0.2, -0.15) is 0 Å². The van der Waals surface area contributed by atoms with Crippen LogP contribution in [0.25, 0.3) is 0 Å². The van der Waals surface area contributed by atoms with E-state index < -0.39 is 15.8 Å². The highest BCUT2D eigenvalue weighted by Crippen LogP contribution is 2.18. The molecule has 0 spiro atoms. The molecular weight excluding hydrogens is 286 g/mol. The highest BCUT2D eigenvalue weighted by atomic mass is 32.2. The Balaban J connectivity index is 2.17. The first-order valence-electron chi connectivity index (χ1n) is 5.33. The fourth-order valence-corrected chi connectivity index (χ4v) is 3.18. The lowest BCUT2D eigenvalue weighted by atomic mass is 10.1. The Kier molecular flexibility index (Phi) is 3.68. The van der Waals surface area contributed by atoms with Crippen LogP contribution in [0.1, 0.15) is 21.6 Å². The molecule has 100 valence electrons. The third-order valence-electron chi connectivity index (χ3n) is 2.43. The smallest absolute Gasteiger partial charge is 0.335 e. The summed E-state index contributed by atoms with van der Waals surface area (Å²) in [6.45, 7) is 0. The van der Waals surface area contributed by atoms with Gasteiger partial charge in [-0.25, -0.2) is 18.2 Å². The average molecular weight is 297 g/mol. The zero-order valence-corrected chi connectivity index (χ0v) is 11.7. The van der Waals surface area contributed by atoms with Gasteiger partial charge in [0.15, 0.2) is 0 Å². The number of nitrogens with zero attached hydrogens (tertiary/aromatic N) is 1. The van der Waals surface area contributed by atoms with E-state index in [1.54, 1.807) is 17.5 Å². The van der Waals surface area contributed by atoms with Crippen LogP contribution >= 0.6 is 11.3 Å². The second-order valence-electron chi connectivity index (χ2n) is 4.06. The molecular formula is C12H11NO4S2. The lowest BCUT2D eigenvalue weighted by Gasteiger charge is -1.99. The molecule has 0 saturated heterocycles. The number of carbonyl (C=O) groups is 1. The molecule has 1 N–H and O–H groups in total. The predicted octanol–water partition coefficient (Wildman–Crippen LogP) is 1.84. The lowest BCUT2D eigenvalue weighted by molar-refractivity contribution is 0.0697. The van der Waals surface area contributed by atoms with Crippen molar-refractivity contribution >= 4 is 27.1 Å². The Hall–Kier alpha value is -1.73. The Bertz CT molecular complexity index is 702. The number of aromatic carboxylic acids is 1. The Labute approximate surface area is 114 Å². The van der Waals surface area contributed by atoms with Gasteiger partial charge in [0.25, 0.3) is 0 Å². The number of aromatic nitrogens is 1. The maximum absolute atomic E-state index is 11.3. The summed E-state index contributed by atoms with van der Waals surface area (Å²) < 4.78 is 22.7. The fourth-order valence-electron chi connectivity index (χ4n) is 1.51. The lowest BCUT2D eigenvalue weighted by Crippen LogP contribution is -1.98. The Morgan fingerprint density at radius 1 is 1.32 bits per heavy atom. The van der Waals surface area contributed by atoms with E-state index >= 15 is 0 Å². The van der Waals surface area contributed by atoms with E-state index in [1.807, 2.05) is 0 Å². The molecule has 0 saturated carbocycles. The van der Waals surface area contributed by atoms with Crippen LogP contribution in [0.4, 0.5) is 0 Å². The standard InChI is InChI=1S/C12H11NO4S2/c1-19(16,17)12-13-10(7-18-12)6-8-2-4-9(5-3-8)11(14)15/h2-5,7H,6H2,1H3,(H,14,15). The van der Waals surface area contributed by atoms with Crippen molar-refractivity contribution in [1.29, 1.82) is 0 Å². The number of thiazole rings is 1. The van der Waals surface area contributed by atoms with E-state index in [-0.39, 0.29) is 9.90 Å². The zero-order valence-electron chi connectivity index (χ0n) is 10.0. The normalized spacial score (nSPS) is 11.4. The van der Waals surface area contributed by atoms with Crippen molar-refractivity contribution < 1.29 is 18.3 Å². The molecule has 0 atom stereocenters. The van der Waals surface area contributed by atoms with Crippen molar-refractivity contribution in [3.05, 3.63) is 46.5 Å². The number of hydrogen-bond acceptors (Lipinski definition) is 5. The maximum atomic E-state index is 11.3. The zero-order chi connectivity index (χ0) is 14.0. The van der Waals surface area contributed by atoms with E-state index in [9.17, 15) is 13.2 Å². The maximum Gasteiger partial charge on any atom is 0.335 e. The van der Waals surface area contributed by atoms with Gasteiger partial charge in [0.2, 0.25) is 14.2 Å². The van der Waals surface area contributed by atoms with Crippen molar-refractivity contribution in [2.45, 2.75) is 10.8 Å².